The summed E-state index contributed by atoms with van der Waals surface area (Å²) in [6, 6.07) is 0. The second-order valence-electron chi connectivity index (χ2n) is 3.21. The van der Waals surface area contributed by atoms with E-state index in [2.05, 4.69) is 10.2 Å². The number of nitrogens with two attached hydrogens (primary N) is 1. The zero-order valence-corrected chi connectivity index (χ0v) is 9.80. The number of esters is 1. The second kappa shape index (κ2) is 4.62. The van der Waals surface area contributed by atoms with E-state index in [4.69, 9.17) is 9.88 Å². The number of primary sulfonamides is 1. The Labute approximate surface area is 93.0 Å². The van der Waals surface area contributed by atoms with Crippen LogP contribution in [0.3, 0.4) is 0 Å². The van der Waals surface area contributed by atoms with E-state index in [9.17, 15) is 13.2 Å². The molecule has 16 heavy (non-hydrogen) atoms. The molecule has 3 N–H and O–H groups in total. The highest BCUT2D eigenvalue weighted by Crippen LogP contribution is 2.16. The van der Waals surface area contributed by atoms with Gasteiger partial charge >= 0.3 is 5.97 Å². The van der Waals surface area contributed by atoms with Crippen molar-refractivity contribution in [1.29, 1.82) is 0 Å². The number of carbonyl (C=O) groups excluding carboxylic acids is 1. The molecule has 0 fully saturated rings. The van der Waals surface area contributed by atoms with E-state index in [0.717, 1.165) is 0 Å². The minimum atomic E-state index is -3.99. The van der Waals surface area contributed by atoms with Gasteiger partial charge in [0.15, 0.2) is 5.69 Å². The van der Waals surface area contributed by atoms with Gasteiger partial charge in [-0.3, -0.25) is 5.10 Å². The second-order valence-corrected chi connectivity index (χ2v) is 4.71. The molecule has 0 amide bonds. The number of sulfonamides is 1. The standard InChI is InChI=1S/C8H13N3O4S/c1-3-4-15-8(12)6-7(16(9,13)14)5(2)10-11-6/h3-4H2,1-2H3,(H,10,11)(H2,9,13,14). The molecule has 0 saturated carbocycles. The first kappa shape index (κ1) is 12.7. The van der Waals surface area contributed by atoms with Gasteiger partial charge in [-0.2, -0.15) is 5.10 Å². The molecule has 90 valence electrons. The van der Waals surface area contributed by atoms with Gasteiger partial charge in [0.25, 0.3) is 0 Å². The highest BCUT2D eigenvalue weighted by molar-refractivity contribution is 7.89. The number of carbonyl (C=O) groups is 1. The summed E-state index contributed by atoms with van der Waals surface area (Å²) >= 11 is 0. The van der Waals surface area contributed by atoms with Crippen molar-refractivity contribution in [2.24, 2.45) is 5.14 Å². The molecule has 7 nitrogen and oxygen atoms in total. The molecule has 0 aliphatic rings. The number of ether oxygens (including phenoxy) is 1. The minimum absolute atomic E-state index is 0.203. The fraction of sp³-hybridized carbons (Fsp3) is 0.500. The average Bonchev–Trinajstić information content (AvgIpc) is 2.56. The number of aromatic amines is 1. The summed E-state index contributed by atoms with van der Waals surface area (Å²) in [5.41, 5.74) is -0.0839. The third kappa shape index (κ3) is 2.58. The van der Waals surface area contributed by atoms with E-state index in [1.165, 1.54) is 6.92 Å². The summed E-state index contributed by atoms with van der Waals surface area (Å²) in [7, 11) is -3.99. The molecule has 1 aromatic rings. The molecule has 1 rings (SSSR count). The maximum absolute atomic E-state index is 11.5. The lowest BCUT2D eigenvalue weighted by atomic mass is 10.4. The van der Waals surface area contributed by atoms with Crippen LogP contribution in [0.5, 0.6) is 0 Å². The molecule has 8 heteroatoms. The Morgan fingerprint density at radius 3 is 2.69 bits per heavy atom. The van der Waals surface area contributed by atoms with Crippen molar-refractivity contribution in [1.82, 2.24) is 10.2 Å². The van der Waals surface area contributed by atoms with Crippen LogP contribution in [0.25, 0.3) is 0 Å². The van der Waals surface area contributed by atoms with Gasteiger partial charge in [-0.15, -0.1) is 0 Å². The molecule has 0 bridgehead atoms. The molecule has 0 saturated heterocycles. The first-order valence-electron chi connectivity index (χ1n) is 4.62. The van der Waals surface area contributed by atoms with Crippen LogP contribution >= 0.6 is 0 Å². The Hall–Kier alpha value is -1.41. The van der Waals surface area contributed by atoms with Crippen LogP contribution in [-0.2, 0) is 14.8 Å². The predicted molar refractivity (Wildman–Crippen MR) is 55.3 cm³/mol. The molecule has 0 aliphatic carbocycles. The van der Waals surface area contributed by atoms with E-state index < -0.39 is 16.0 Å². The van der Waals surface area contributed by atoms with E-state index in [0.29, 0.717) is 6.42 Å². The van der Waals surface area contributed by atoms with E-state index in [1.54, 1.807) is 0 Å². The molecule has 0 atom stereocenters. The first-order valence-corrected chi connectivity index (χ1v) is 6.17. The number of hydrogen-bond acceptors (Lipinski definition) is 5. The third-order valence-corrected chi connectivity index (χ3v) is 2.87. The number of nitrogens with one attached hydrogen (secondary N) is 1. The van der Waals surface area contributed by atoms with Crippen molar-refractivity contribution in [3.8, 4) is 0 Å². The van der Waals surface area contributed by atoms with Crippen molar-refractivity contribution in [2.45, 2.75) is 25.2 Å². The topological polar surface area (TPSA) is 115 Å². The van der Waals surface area contributed by atoms with E-state index in [-0.39, 0.29) is 22.9 Å². The number of hydrogen-bond donors (Lipinski definition) is 2. The number of H-pyrrole nitrogens is 1. The normalized spacial score (nSPS) is 11.4. The van der Waals surface area contributed by atoms with Gasteiger partial charge in [0.05, 0.1) is 12.3 Å². The van der Waals surface area contributed by atoms with E-state index >= 15 is 0 Å². The molecular weight excluding hydrogens is 234 g/mol. The molecule has 0 aliphatic heterocycles. The Balaban J connectivity index is 3.11. The summed E-state index contributed by atoms with van der Waals surface area (Å²) in [6.07, 6.45) is 0.639. The van der Waals surface area contributed by atoms with Gasteiger partial charge in [-0.05, 0) is 13.3 Å². The van der Waals surface area contributed by atoms with Gasteiger partial charge in [-0.1, -0.05) is 6.92 Å². The maximum atomic E-state index is 11.5. The van der Waals surface area contributed by atoms with Crippen LogP contribution in [0.4, 0.5) is 0 Å². The van der Waals surface area contributed by atoms with Crippen molar-refractivity contribution >= 4 is 16.0 Å². The highest BCUT2D eigenvalue weighted by atomic mass is 32.2. The lowest BCUT2D eigenvalue weighted by molar-refractivity contribution is 0.0493. The zero-order valence-electron chi connectivity index (χ0n) is 8.98. The third-order valence-electron chi connectivity index (χ3n) is 1.81. The largest absolute Gasteiger partial charge is 0.461 e. The number of aryl methyl sites for hydroxylation is 1. The van der Waals surface area contributed by atoms with Crippen LogP contribution in [0.1, 0.15) is 29.5 Å². The monoisotopic (exact) mass is 247 g/mol. The number of aromatic nitrogens is 2. The lowest BCUT2D eigenvalue weighted by Gasteiger charge is -2.02. The van der Waals surface area contributed by atoms with Gasteiger partial charge in [-0.25, -0.2) is 18.4 Å². The van der Waals surface area contributed by atoms with Crippen LogP contribution in [-0.4, -0.2) is 31.2 Å². The zero-order chi connectivity index (χ0) is 12.3. The lowest BCUT2D eigenvalue weighted by Crippen LogP contribution is -2.18. The summed E-state index contributed by atoms with van der Waals surface area (Å²) in [5.74, 6) is -0.796. The van der Waals surface area contributed by atoms with Crippen LogP contribution in [0, 0.1) is 6.92 Å². The van der Waals surface area contributed by atoms with Gasteiger partial charge < -0.3 is 4.74 Å². The number of nitrogens with zero attached hydrogens (tertiary/aromatic N) is 1. The molecule has 0 radical (unpaired) electrons. The molecule has 1 aromatic heterocycles. The summed E-state index contributed by atoms with van der Waals surface area (Å²) in [4.78, 5) is 11.1. The molecule has 0 spiro atoms. The number of rotatable bonds is 4. The molecule has 0 unspecified atom stereocenters. The summed E-state index contributed by atoms with van der Waals surface area (Å²) in [5, 5.41) is 10.9. The minimum Gasteiger partial charge on any atom is -0.461 e. The van der Waals surface area contributed by atoms with Crippen LogP contribution in [0.15, 0.2) is 4.90 Å². The van der Waals surface area contributed by atoms with Crippen molar-refractivity contribution in [3.05, 3.63) is 11.4 Å². The fourth-order valence-electron chi connectivity index (χ4n) is 1.17. The maximum Gasteiger partial charge on any atom is 0.360 e. The Morgan fingerprint density at radius 2 is 2.19 bits per heavy atom. The van der Waals surface area contributed by atoms with Crippen molar-refractivity contribution in [2.75, 3.05) is 6.61 Å². The Bertz CT molecular complexity index is 491. The van der Waals surface area contributed by atoms with Crippen LogP contribution < -0.4 is 5.14 Å². The molecular formula is C8H13N3O4S. The van der Waals surface area contributed by atoms with Crippen LogP contribution in [0.2, 0.25) is 0 Å². The van der Waals surface area contributed by atoms with Gasteiger partial charge in [0, 0.05) is 0 Å². The van der Waals surface area contributed by atoms with Crippen molar-refractivity contribution in [3.63, 3.8) is 0 Å². The Kier molecular flexibility index (Phi) is 3.66. The predicted octanol–water partition coefficient (Wildman–Crippen LogP) is -0.0677. The first-order chi connectivity index (χ1) is 7.38. The Morgan fingerprint density at radius 1 is 1.56 bits per heavy atom. The molecule has 1 heterocycles. The average molecular weight is 247 g/mol. The van der Waals surface area contributed by atoms with Crippen molar-refractivity contribution < 1.29 is 17.9 Å². The fourth-order valence-corrected chi connectivity index (χ4v) is 2.04. The van der Waals surface area contributed by atoms with Gasteiger partial charge in [0.2, 0.25) is 10.0 Å². The SMILES string of the molecule is CCCOC(=O)c1n[nH]c(C)c1S(N)(=O)=O. The summed E-state index contributed by atoms with van der Waals surface area (Å²) < 4.78 is 27.2. The summed E-state index contributed by atoms with van der Waals surface area (Å²) in [6.45, 7) is 3.49. The smallest absolute Gasteiger partial charge is 0.360 e. The van der Waals surface area contributed by atoms with Gasteiger partial charge in [0.1, 0.15) is 4.90 Å². The van der Waals surface area contributed by atoms with E-state index in [1.807, 2.05) is 6.92 Å². The molecule has 0 aromatic carbocycles. The highest BCUT2D eigenvalue weighted by Gasteiger charge is 2.26. The quantitative estimate of drug-likeness (QED) is 0.723.